The lowest BCUT2D eigenvalue weighted by atomic mass is 9.70. The molecule has 0 aromatic heterocycles. The van der Waals surface area contributed by atoms with Gasteiger partial charge in [-0.15, -0.1) is 0 Å². The molecule has 0 aromatic rings. The van der Waals surface area contributed by atoms with Crippen LogP contribution in [0.4, 0.5) is 0 Å². The first-order chi connectivity index (χ1) is 13.4. The molecule has 4 N–H and O–H groups in total. The maximum absolute atomic E-state index is 8.83. The zero-order valence-corrected chi connectivity index (χ0v) is 18.3. The highest BCUT2D eigenvalue weighted by atomic mass is 16.2. The molecule has 2 aliphatic heterocycles. The summed E-state index contributed by atoms with van der Waals surface area (Å²) in [6.45, 7) is 12.8. The molecule has 0 bridgehead atoms. The van der Waals surface area contributed by atoms with Crippen LogP contribution in [0.2, 0.25) is 0 Å². The average molecular weight is 391 g/mol. The summed E-state index contributed by atoms with van der Waals surface area (Å²) in [4.78, 5) is 4.81. The Morgan fingerprint density at radius 2 is 1.82 bits per heavy atom. The molecule has 0 saturated carbocycles. The van der Waals surface area contributed by atoms with Crippen molar-refractivity contribution in [1.82, 2.24) is 9.80 Å². The van der Waals surface area contributed by atoms with Gasteiger partial charge in [0.25, 0.3) is 0 Å². The number of allylic oxidation sites excluding steroid dienone is 1. The predicted molar refractivity (Wildman–Crippen MR) is 119 cm³/mol. The molecule has 160 valence electrons. The standard InChI is InChI=1S/C23H42N4O/c1-4-19(3)16-23(5-2)10-14-26(15-11-23)17-20-8-12-27(13-9-20)22(25)7-6-21(24)18-28/h6-7,18-20,25,28H,4-5,8-17,24H2,1-3H3. The smallest absolute Gasteiger partial charge is 0.120 e. The number of aliphatic hydroxyl groups excluding tert-OH is 1. The van der Waals surface area contributed by atoms with Crippen molar-refractivity contribution in [2.75, 3.05) is 32.7 Å². The monoisotopic (exact) mass is 390 g/mol. The molecule has 0 spiro atoms. The lowest BCUT2D eigenvalue weighted by Gasteiger charge is -2.44. The minimum absolute atomic E-state index is 0.279. The molecule has 1 unspecified atom stereocenters. The number of aliphatic hydroxyl groups is 1. The lowest BCUT2D eigenvalue weighted by Crippen LogP contribution is -2.45. The highest BCUT2D eigenvalue weighted by Gasteiger charge is 2.34. The number of nitrogens with zero attached hydrogens (tertiary/aromatic N) is 2. The molecule has 0 amide bonds. The molecule has 2 fully saturated rings. The first kappa shape index (κ1) is 22.8. The van der Waals surface area contributed by atoms with Crippen molar-refractivity contribution in [3.63, 3.8) is 0 Å². The number of piperidine rings is 2. The van der Waals surface area contributed by atoms with E-state index in [1.54, 1.807) is 12.2 Å². The first-order valence-electron chi connectivity index (χ1n) is 11.2. The van der Waals surface area contributed by atoms with Crippen LogP contribution in [0.1, 0.15) is 65.7 Å². The average Bonchev–Trinajstić information content (AvgIpc) is 2.73. The molecule has 28 heavy (non-hydrogen) atoms. The molecular formula is C23H42N4O. The normalized spacial score (nSPS) is 23.2. The molecule has 2 aliphatic rings. The quantitative estimate of drug-likeness (QED) is 0.246. The first-order valence-corrected chi connectivity index (χ1v) is 11.2. The summed E-state index contributed by atoms with van der Waals surface area (Å²) in [6, 6.07) is 0. The van der Waals surface area contributed by atoms with Gasteiger partial charge in [0, 0.05) is 19.6 Å². The van der Waals surface area contributed by atoms with Gasteiger partial charge in [-0.3, -0.25) is 5.41 Å². The zero-order valence-electron chi connectivity index (χ0n) is 18.3. The Morgan fingerprint density at radius 1 is 1.18 bits per heavy atom. The van der Waals surface area contributed by atoms with E-state index < -0.39 is 0 Å². The van der Waals surface area contributed by atoms with Crippen LogP contribution in [0.15, 0.2) is 24.1 Å². The van der Waals surface area contributed by atoms with Gasteiger partial charge in [-0.2, -0.15) is 0 Å². The van der Waals surface area contributed by atoms with Gasteiger partial charge in [-0.25, -0.2) is 0 Å². The Bertz CT molecular complexity index is 541. The van der Waals surface area contributed by atoms with E-state index in [1.165, 1.54) is 51.7 Å². The van der Waals surface area contributed by atoms with E-state index in [1.807, 2.05) is 0 Å². The van der Waals surface area contributed by atoms with E-state index in [-0.39, 0.29) is 5.70 Å². The summed E-state index contributed by atoms with van der Waals surface area (Å²) in [6.07, 6.45) is 13.2. The van der Waals surface area contributed by atoms with Crippen molar-refractivity contribution >= 4 is 5.84 Å². The van der Waals surface area contributed by atoms with Crippen LogP contribution >= 0.6 is 0 Å². The van der Waals surface area contributed by atoms with E-state index in [4.69, 9.17) is 16.2 Å². The fourth-order valence-corrected chi connectivity index (χ4v) is 4.84. The van der Waals surface area contributed by atoms with Gasteiger partial charge in [0.15, 0.2) is 0 Å². The molecule has 1 atom stereocenters. The number of nitrogens with one attached hydrogen (secondary N) is 1. The third-order valence-corrected chi connectivity index (χ3v) is 7.20. The zero-order chi connectivity index (χ0) is 20.6. The summed E-state index contributed by atoms with van der Waals surface area (Å²) in [7, 11) is 0. The Labute approximate surface area is 172 Å². The van der Waals surface area contributed by atoms with Gasteiger partial charge in [0.1, 0.15) is 12.1 Å². The van der Waals surface area contributed by atoms with Gasteiger partial charge in [0.2, 0.25) is 0 Å². The number of hydrogen-bond donors (Lipinski definition) is 3. The highest BCUT2D eigenvalue weighted by molar-refractivity contribution is 5.90. The maximum Gasteiger partial charge on any atom is 0.120 e. The van der Waals surface area contributed by atoms with Crippen LogP contribution in [-0.2, 0) is 0 Å². The fourth-order valence-electron chi connectivity index (χ4n) is 4.84. The van der Waals surface area contributed by atoms with Crippen LogP contribution in [-0.4, -0.2) is 53.5 Å². The molecule has 2 rings (SSSR count). The van der Waals surface area contributed by atoms with Gasteiger partial charge in [-0.05, 0) is 74.6 Å². The summed E-state index contributed by atoms with van der Waals surface area (Å²) in [5.74, 6) is 2.08. The lowest BCUT2D eigenvalue weighted by molar-refractivity contribution is 0.0614. The molecular weight excluding hydrogens is 348 g/mol. The Kier molecular flexibility index (Phi) is 8.87. The summed E-state index contributed by atoms with van der Waals surface area (Å²) < 4.78 is 0. The summed E-state index contributed by atoms with van der Waals surface area (Å²) in [5.41, 5.74) is 6.41. The van der Waals surface area contributed by atoms with Crippen LogP contribution in [0.5, 0.6) is 0 Å². The second kappa shape index (κ2) is 10.9. The van der Waals surface area contributed by atoms with Crippen molar-refractivity contribution in [2.45, 2.75) is 65.7 Å². The van der Waals surface area contributed by atoms with E-state index in [9.17, 15) is 0 Å². The SMILES string of the molecule is CCC(C)CC1(CC)CCN(CC2CCN(C(=N)C=CC(N)=CO)CC2)CC1. The number of nitrogens with two attached hydrogens (primary N) is 1. The summed E-state index contributed by atoms with van der Waals surface area (Å²) in [5, 5.41) is 17.0. The molecule has 5 nitrogen and oxygen atoms in total. The number of likely N-dealkylation sites (tertiary alicyclic amines) is 2. The molecule has 2 heterocycles. The van der Waals surface area contributed by atoms with E-state index >= 15 is 0 Å². The minimum atomic E-state index is 0.279. The number of amidine groups is 1. The largest absolute Gasteiger partial charge is 0.513 e. The van der Waals surface area contributed by atoms with Crippen molar-refractivity contribution in [3.05, 3.63) is 24.1 Å². The molecule has 5 heteroatoms. The minimum Gasteiger partial charge on any atom is -0.513 e. The highest BCUT2D eigenvalue weighted by Crippen LogP contribution is 2.41. The van der Waals surface area contributed by atoms with Crippen molar-refractivity contribution < 1.29 is 5.11 Å². The van der Waals surface area contributed by atoms with Crippen molar-refractivity contribution in [3.8, 4) is 0 Å². The van der Waals surface area contributed by atoms with Gasteiger partial charge >= 0.3 is 0 Å². The second-order valence-corrected chi connectivity index (χ2v) is 9.15. The van der Waals surface area contributed by atoms with Crippen LogP contribution in [0.3, 0.4) is 0 Å². The Balaban J connectivity index is 1.74. The van der Waals surface area contributed by atoms with Crippen molar-refractivity contribution in [2.24, 2.45) is 23.0 Å². The molecule has 2 saturated heterocycles. The van der Waals surface area contributed by atoms with Crippen LogP contribution < -0.4 is 5.73 Å². The van der Waals surface area contributed by atoms with E-state index in [0.29, 0.717) is 11.3 Å². The molecule has 0 radical (unpaired) electrons. The van der Waals surface area contributed by atoms with Crippen LogP contribution in [0, 0.1) is 22.7 Å². The molecule has 0 aromatic carbocycles. The van der Waals surface area contributed by atoms with Crippen LogP contribution in [0.25, 0.3) is 0 Å². The Hall–Kier alpha value is -1.49. The van der Waals surface area contributed by atoms with Crippen molar-refractivity contribution in [1.29, 1.82) is 5.41 Å². The van der Waals surface area contributed by atoms with Gasteiger partial charge in [-0.1, -0.05) is 33.6 Å². The number of rotatable bonds is 8. The second-order valence-electron chi connectivity index (χ2n) is 9.15. The third kappa shape index (κ3) is 6.54. The molecule has 0 aliphatic carbocycles. The summed E-state index contributed by atoms with van der Waals surface area (Å²) >= 11 is 0. The van der Waals surface area contributed by atoms with E-state index in [2.05, 4.69) is 30.6 Å². The predicted octanol–water partition coefficient (Wildman–Crippen LogP) is 4.52. The number of hydrogen-bond acceptors (Lipinski definition) is 4. The fraction of sp³-hybridized carbons (Fsp3) is 0.783. The third-order valence-electron chi connectivity index (χ3n) is 7.20. The topological polar surface area (TPSA) is 76.6 Å². The Morgan fingerprint density at radius 3 is 2.36 bits per heavy atom. The maximum atomic E-state index is 8.83. The van der Waals surface area contributed by atoms with Gasteiger partial charge < -0.3 is 20.6 Å². The van der Waals surface area contributed by atoms with E-state index in [0.717, 1.165) is 44.0 Å². The van der Waals surface area contributed by atoms with Gasteiger partial charge in [0.05, 0.1) is 5.70 Å².